The number of hydrazine groups is 1. The number of hydrogen-bond donors (Lipinski definition) is 2. The Bertz CT molecular complexity index is 472. The van der Waals surface area contributed by atoms with Crippen LogP contribution in [0.4, 0.5) is 13.2 Å². The van der Waals surface area contributed by atoms with E-state index in [-0.39, 0.29) is 6.54 Å². The number of aromatic nitrogens is 3. The van der Waals surface area contributed by atoms with Crippen LogP contribution in [-0.4, -0.2) is 37.8 Å². The fourth-order valence-corrected chi connectivity index (χ4v) is 1.29. The third-order valence-corrected chi connectivity index (χ3v) is 2.01. The summed E-state index contributed by atoms with van der Waals surface area (Å²) < 4.78 is 37.6. The fraction of sp³-hybridized carbons (Fsp3) is 0.286. The van der Waals surface area contributed by atoms with E-state index < -0.39 is 28.3 Å². The monoisotopic (exact) mass is 249 g/mol. The highest BCUT2D eigenvalue weighted by atomic mass is 19.4. The molecule has 2 heterocycles. The van der Waals surface area contributed by atoms with Crippen molar-refractivity contribution in [3.63, 3.8) is 0 Å². The predicted molar refractivity (Wildman–Crippen MR) is 45.5 cm³/mol. The first-order chi connectivity index (χ1) is 7.91. The van der Waals surface area contributed by atoms with E-state index in [0.717, 1.165) is 5.01 Å². The van der Waals surface area contributed by atoms with Gasteiger partial charge in [0.25, 0.3) is 5.91 Å². The van der Waals surface area contributed by atoms with Gasteiger partial charge in [0.15, 0.2) is 5.69 Å². The molecule has 1 amide bonds. The molecular formula is C7H6F3N5O2. The largest absolute Gasteiger partial charge is 0.439 e. The zero-order valence-corrected chi connectivity index (χ0v) is 8.14. The minimum atomic E-state index is -4.92. The van der Waals surface area contributed by atoms with Crippen molar-refractivity contribution in [2.45, 2.75) is 6.18 Å². The first-order valence-corrected chi connectivity index (χ1v) is 4.36. The molecule has 2 N–H and O–H groups in total. The molecule has 1 aliphatic rings. The Morgan fingerprint density at radius 3 is 2.76 bits per heavy atom. The summed E-state index contributed by atoms with van der Waals surface area (Å²) in [4.78, 5) is 11.2. The molecule has 0 saturated heterocycles. The number of nitrogens with zero attached hydrogens (tertiary/aromatic N) is 4. The molecule has 0 unspecified atom stereocenters. The molecule has 0 atom stereocenters. The van der Waals surface area contributed by atoms with Crippen molar-refractivity contribution in [1.82, 2.24) is 25.6 Å². The lowest BCUT2D eigenvalue weighted by Gasteiger charge is -2.15. The highest BCUT2D eigenvalue weighted by molar-refractivity contribution is 5.93. The van der Waals surface area contributed by atoms with Gasteiger partial charge >= 0.3 is 6.18 Å². The summed E-state index contributed by atoms with van der Waals surface area (Å²) >= 11 is 0. The Kier molecular flexibility index (Phi) is 2.41. The Hall–Kier alpha value is -2.26. The summed E-state index contributed by atoms with van der Waals surface area (Å²) in [6, 6.07) is 0. The lowest BCUT2D eigenvalue weighted by atomic mass is 10.3. The maximum Gasteiger partial charge on any atom is 0.439 e. The molecule has 2 rings (SSSR count). The summed E-state index contributed by atoms with van der Waals surface area (Å²) in [7, 11) is 0. The number of halogens is 3. The summed E-state index contributed by atoms with van der Waals surface area (Å²) in [6.07, 6.45) is -1.99. The number of hydrogen-bond acceptors (Lipinski definition) is 5. The Labute approximate surface area is 92.0 Å². The van der Waals surface area contributed by atoms with E-state index in [1.807, 2.05) is 0 Å². The highest BCUT2D eigenvalue weighted by Crippen LogP contribution is 2.30. The summed E-state index contributed by atoms with van der Waals surface area (Å²) in [6.45, 7) is 0.106. The van der Waals surface area contributed by atoms with E-state index in [2.05, 4.69) is 15.7 Å². The molecule has 0 fully saturated rings. The molecule has 1 aliphatic heterocycles. The SMILES string of the molecule is O=C(c1nnn(O)c1C(F)(F)F)N1CC=CN1. The molecule has 0 aliphatic carbocycles. The van der Waals surface area contributed by atoms with Gasteiger partial charge in [-0.1, -0.05) is 4.85 Å². The first kappa shape index (κ1) is 11.2. The number of nitrogens with one attached hydrogen (secondary N) is 1. The van der Waals surface area contributed by atoms with Gasteiger partial charge in [0.05, 0.1) is 6.54 Å². The molecular weight excluding hydrogens is 243 g/mol. The van der Waals surface area contributed by atoms with E-state index in [9.17, 15) is 18.0 Å². The lowest BCUT2D eigenvalue weighted by molar-refractivity contribution is -0.152. The predicted octanol–water partition coefficient (Wildman–Crippen LogP) is 0.00830. The quantitative estimate of drug-likeness (QED) is 0.685. The van der Waals surface area contributed by atoms with Gasteiger partial charge in [-0.3, -0.25) is 4.79 Å². The van der Waals surface area contributed by atoms with Crippen LogP contribution in [-0.2, 0) is 6.18 Å². The smallest absolute Gasteiger partial charge is 0.410 e. The Morgan fingerprint density at radius 1 is 1.53 bits per heavy atom. The first-order valence-electron chi connectivity index (χ1n) is 4.36. The van der Waals surface area contributed by atoms with Gasteiger partial charge < -0.3 is 10.6 Å². The molecule has 17 heavy (non-hydrogen) atoms. The van der Waals surface area contributed by atoms with Gasteiger partial charge in [-0.15, -0.1) is 5.10 Å². The van der Waals surface area contributed by atoms with Crippen molar-refractivity contribution >= 4 is 5.91 Å². The van der Waals surface area contributed by atoms with Gasteiger partial charge in [-0.2, -0.15) is 13.2 Å². The number of amides is 1. The Morgan fingerprint density at radius 2 is 2.24 bits per heavy atom. The van der Waals surface area contributed by atoms with Gasteiger partial charge in [0.2, 0.25) is 5.69 Å². The van der Waals surface area contributed by atoms with Crippen LogP contribution in [0.3, 0.4) is 0 Å². The van der Waals surface area contributed by atoms with Crippen LogP contribution in [0.15, 0.2) is 12.3 Å². The second-order valence-corrected chi connectivity index (χ2v) is 3.12. The minimum Gasteiger partial charge on any atom is -0.410 e. The summed E-state index contributed by atoms with van der Waals surface area (Å²) in [5, 5.41) is 15.6. The molecule has 92 valence electrons. The van der Waals surface area contributed by atoms with Crippen molar-refractivity contribution in [2.75, 3.05) is 6.54 Å². The topological polar surface area (TPSA) is 83.3 Å². The van der Waals surface area contributed by atoms with E-state index in [4.69, 9.17) is 5.21 Å². The molecule has 1 aromatic heterocycles. The van der Waals surface area contributed by atoms with E-state index in [1.165, 1.54) is 12.3 Å². The van der Waals surface area contributed by atoms with Crippen molar-refractivity contribution in [2.24, 2.45) is 0 Å². The highest BCUT2D eigenvalue weighted by Gasteiger charge is 2.43. The molecule has 7 nitrogen and oxygen atoms in total. The van der Waals surface area contributed by atoms with Crippen molar-refractivity contribution in [3.8, 4) is 0 Å². The molecule has 0 radical (unpaired) electrons. The molecule has 0 saturated carbocycles. The van der Waals surface area contributed by atoms with Crippen LogP contribution in [0.1, 0.15) is 16.2 Å². The third-order valence-electron chi connectivity index (χ3n) is 2.01. The third kappa shape index (κ3) is 1.88. The van der Waals surface area contributed by atoms with Crippen LogP contribution in [0.2, 0.25) is 0 Å². The zero-order chi connectivity index (χ0) is 12.6. The standard InChI is InChI=1S/C7H6F3N5O2/c8-7(9,10)5-4(12-13-15(5)17)6(16)14-3-1-2-11-14/h1-2,11,17H,3H2. The molecule has 10 heteroatoms. The number of carbonyl (C=O) groups is 1. The van der Waals surface area contributed by atoms with Crippen LogP contribution in [0.5, 0.6) is 0 Å². The van der Waals surface area contributed by atoms with Crippen LogP contribution < -0.4 is 5.43 Å². The molecule has 0 bridgehead atoms. The fourth-order valence-electron chi connectivity index (χ4n) is 1.29. The number of rotatable bonds is 1. The molecule has 1 aromatic rings. The average molecular weight is 249 g/mol. The van der Waals surface area contributed by atoms with Crippen molar-refractivity contribution in [3.05, 3.63) is 23.7 Å². The van der Waals surface area contributed by atoms with E-state index in [1.54, 1.807) is 0 Å². The Balaban J connectivity index is 2.36. The normalized spacial score (nSPS) is 15.1. The van der Waals surface area contributed by atoms with E-state index in [0.29, 0.717) is 0 Å². The summed E-state index contributed by atoms with van der Waals surface area (Å²) in [5.74, 6) is -1.03. The maximum absolute atomic E-state index is 12.5. The number of alkyl halides is 3. The minimum absolute atomic E-state index is 0.106. The van der Waals surface area contributed by atoms with Gasteiger partial charge in [0.1, 0.15) is 0 Å². The van der Waals surface area contributed by atoms with Crippen LogP contribution in [0, 0.1) is 0 Å². The lowest BCUT2D eigenvalue weighted by Crippen LogP contribution is -2.37. The summed E-state index contributed by atoms with van der Waals surface area (Å²) in [5.41, 5.74) is -0.143. The molecule has 0 aromatic carbocycles. The zero-order valence-electron chi connectivity index (χ0n) is 8.14. The number of carbonyl (C=O) groups excluding carboxylic acids is 1. The van der Waals surface area contributed by atoms with Crippen LogP contribution in [0.25, 0.3) is 0 Å². The van der Waals surface area contributed by atoms with Gasteiger partial charge in [-0.25, -0.2) is 5.01 Å². The van der Waals surface area contributed by atoms with Gasteiger partial charge in [0, 0.05) is 6.20 Å². The van der Waals surface area contributed by atoms with Crippen LogP contribution >= 0.6 is 0 Å². The second kappa shape index (κ2) is 3.64. The maximum atomic E-state index is 12.5. The second-order valence-electron chi connectivity index (χ2n) is 3.12. The average Bonchev–Trinajstić information content (AvgIpc) is 2.83. The molecule has 0 spiro atoms. The van der Waals surface area contributed by atoms with Gasteiger partial charge in [-0.05, 0) is 11.3 Å². The van der Waals surface area contributed by atoms with E-state index >= 15 is 0 Å². The van der Waals surface area contributed by atoms with Crippen molar-refractivity contribution < 1.29 is 23.2 Å². The van der Waals surface area contributed by atoms with Crippen molar-refractivity contribution in [1.29, 1.82) is 0 Å².